The second-order valence-electron chi connectivity index (χ2n) is 7.26. The van der Waals surface area contributed by atoms with Crippen molar-refractivity contribution in [2.45, 2.75) is 38.8 Å². The first kappa shape index (κ1) is 21.2. The number of anilines is 1. The lowest BCUT2D eigenvalue weighted by atomic mass is 9.84. The van der Waals surface area contributed by atoms with Crippen molar-refractivity contribution in [2.24, 2.45) is 5.73 Å². The summed E-state index contributed by atoms with van der Waals surface area (Å²) in [5.41, 5.74) is 4.29. The van der Waals surface area contributed by atoms with Gasteiger partial charge in [0.2, 0.25) is 5.91 Å². The van der Waals surface area contributed by atoms with E-state index in [4.69, 9.17) is 5.73 Å². The number of benzene rings is 1. The molecule has 1 aromatic carbocycles. The molecular weight excluding hydrogens is 375 g/mol. The topological polar surface area (TPSA) is 105 Å². The van der Waals surface area contributed by atoms with Crippen molar-refractivity contribution in [3.05, 3.63) is 52.8 Å². The number of carbonyl (C=O) groups is 2. The van der Waals surface area contributed by atoms with Crippen molar-refractivity contribution in [1.29, 1.82) is 0 Å². The fourth-order valence-corrected chi connectivity index (χ4v) is 2.78. The Morgan fingerprint density at radius 1 is 1.18 bits per heavy atom. The van der Waals surface area contributed by atoms with Crippen LogP contribution in [0.4, 0.5) is 18.9 Å². The third-order valence-electron chi connectivity index (χ3n) is 3.97. The summed E-state index contributed by atoms with van der Waals surface area (Å²) in [6, 6.07) is 3.82. The lowest BCUT2D eigenvalue weighted by Crippen LogP contribution is -2.26. The Kier molecular flexibility index (Phi) is 5.67. The number of primary amides is 1. The number of phenols is 1. The zero-order valence-corrected chi connectivity index (χ0v) is 15.5. The maximum Gasteiger partial charge on any atom is 0.416 e. The standard InChI is InChI=1S/C19H20F3N3O3/c1-18(2,3)15-12(6-7-24-16(15)17(23)28)25-14(27)9-10-8-11(19(20,21)22)4-5-13(10)26/h4-8,26H,9H2,1-3H3,(H2,23,28)(H,24,25,27). The number of nitrogens with one attached hydrogen (secondary N) is 1. The first-order chi connectivity index (χ1) is 12.8. The largest absolute Gasteiger partial charge is 0.508 e. The average Bonchev–Trinajstić information content (AvgIpc) is 2.54. The number of amides is 2. The molecule has 0 radical (unpaired) electrons. The smallest absolute Gasteiger partial charge is 0.416 e. The van der Waals surface area contributed by atoms with Crippen LogP contribution in [0.25, 0.3) is 0 Å². The number of nitrogens with zero attached hydrogens (tertiary/aromatic N) is 1. The average molecular weight is 395 g/mol. The number of aromatic nitrogens is 1. The molecule has 1 aromatic heterocycles. The normalized spacial score (nSPS) is 11.9. The van der Waals surface area contributed by atoms with Crippen LogP contribution in [0.1, 0.15) is 48.0 Å². The molecule has 28 heavy (non-hydrogen) atoms. The quantitative estimate of drug-likeness (QED) is 0.738. The van der Waals surface area contributed by atoms with E-state index >= 15 is 0 Å². The molecule has 0 aliphatic carbocycles. The van der Waals surface area contributed by atoms with E-state index in [0.29, 0.717) is 5.56 Å². The van der Waals surface area contributed by atoms with Crippen molar-refractivity contribution in [3.63, 3.8) is 0 Å². The Morgan fingerprint density at radius 3 is 2.36 bits per heavy atom. The Balaban J connectivity index is 2.35. The highest BCUT2D eigenvalue weighted by molar-refractivity contribution is 5.98. The minimum Gasteiger partial charge on any atom is -0.508 e. The third kappa shape index (κ3) is 4.79. The molecule has 4 N–H and O–H groups in total. The Bertz CT molecular complexity index is 919. The molecule has 0 unspecified atom stereocenters. The van der Waals surface area contributed by atoms with Crippen molar-refractivity contribution in [3.8, 4) is 5.75 Å². The van der Waals surface area contributed by atoms with Crippen LogP contribution in [-0.4, -0.2) is 21.9 Å². The number of alkyl halides is 3. The maximum absolute atomic E-state index is 12.9. The van der Waals surface area contributed by atoms with E-state index in [0.717, 1.165) is 18.2 Å². The summed E-state index contributed by atoms with van der Waals surface area (Å²) in [5, 5.41) is 12.4. The molecule has 2 rings (SSSR count). The number of hydrogen-bond acceptors (Lipinski definition) is 4. The highest BCUT2D eigenvalue weighted by Gasteiger charge is 2.31. The Hall–Kier alpha value is -3.10. The Labute approximate surface area is 159 Å². The number of hydrogen-bond donors (Lipinski definition) is 3. The van der Waals surface area contributed by atoms with E-state index in [1.165, 1.54) is 12.3 Å². The molecule has 2 aromatic rings. The molecule has 0 aliphatic rings. The third-order valence-corrected chi connectivity index (χ3v) is 3.97. The molecule has 2 amide bonds. The van der Waals surface area contributed by atoms with Gasteiger partial charge in [-0.3, -0.25) is 14.6 Å². The van der Waals surface area contributed by atoms with Crippen LogP contribution in [0.5, 0.6) is 5.75 Å². The number of carbonyl (C=O) groups excluding carboxylic acids is 2. The van der Waals surface area contributed by atoms with Gasteiger partial charge in [-0.1, -0.05) is 20.8 Å². The van der Waals surface area contributed by atoms with Crippen molar-refractivity contribution >= 4 is 17.5 Å². The zero-order valence-electron chi connectivity index (χ0n) is 15.5. The van der Waals surface area contributed by atoms with Gasteiger partial charge in [-0.15, -0.1) is 0 Å². The summed E-state index contributed by atoms with van der Waals surface area (Å²) in [7, 11) is 0. The van der Waals surface area contributed by atoms with Gasteiger partial charge in [0, 0.05) is 23.0 Å². The molecule has 0 aliphatic heterocycles. The highest BCUT2D eigenvalue weighted by atomic mass is 19.4. The summed E-state index contributed by atoms with van der Waals surface area (Å²) in [6.45, 7) is 5.39. The molecule has 0 saturated heterocycles. The van der Waals surface area contributed by atoms with E-state index in [1.807, 2.05) is 0 Å². The van der Waals surface area contributed by atoms with Gasteiger partial charge in [0.05, 0.1) is 12.0 Å². The molecule has 0 saturated carbocycles. The van der Waals surface area contributed by atoms with Crippen LogP contribution in [0.3, 0.4) is 0 Å². The van der Waals surface area contributed by atoms with Gasteiger partial charge in [-0.25, -0.2) is 0 Å². The van der Waals surface area contributed by atoms with Gasteiger partial charge in [0.25, 0.3) is 5.91 Å². The van der Waals surface area contributed by atoms with Crippen LogP contribution in [0.2, 0.25) is 0 Å². The van der Waals surface area contributed by atoms with Gasteiger partial charge in [0.15, 0.2) is 0 Å². The van der Waals surface area contributed by atoms with Gasteiger partial charge in [-0.2, -0.15) is 13.2 Å². The van der Waals surface area contributed by atoms with Crippen LogP contribution in [0.15, 0.2) is 30.5 Å². The summed E-state index contributed by atoms with van der Waals surface area (Å²) in [4.78, 5) is 28.1. The fourth-order valence-electron chi connectivity index (χ4n) is 2.78. The van der Waals surface area contributed by atoms with Gasteiger partial charge in [-0.05, 0) is 29.7 Å². The molecular formula is C19H20F3N3O3. The maximum atomic E-state index is 12.9. The lowest BCUT2D eigenvalue weighted by Gasteiger charge is -2.24. The predicted octanol–water partition coefficient (Wildman–Crippen LogP) is 3.38. The van der Waals surface area contributed by atoms with E-state index in [1.54, 1.807) is 20.8 Å². The number of aromatic hydroxyl groups is 1. The first-order valence-electron chi connectivity index (χ1n) is 8.29. The van der Waals surface area contributed by atoms with Crippen molar-refractivity contribution in [2.75, 3.05) is 5.32 Å². The monoisotopic (exact) mass is 395 g/mol. The van der Waals surface area contributed by atoms with Gasteiger partial charge >= 0.3 is 6.18 Å². The molecule has 150 valence electrons. The summed E-state index contributed by atoms with van der Waals surface area (Å²) >= 11 is 0. The number of nitrogens with two attached hydrogens (primary N) is 1. The molecule has 0 fully saturated rings. The summed E-state index contributed by atoms with van der Waals surface area (Å²) in [6.07, 6.45) is -3.79. The van der Waals surface area contributed by atoms with Crippen LogP contribution in [-0.2, 0) is 22.8 Å². The minimum atomic E-state index is -4.60. The molecule has 0 bridgehead atoms. The number of halogens is 3. The SMILES string of the molecule is CC(C)(C)c1c(NC(=O)Cc2cc(C(F)(F)F)ccc2O)ccnc1C(N)=O. The van der Waals surface area contributed by atoms with Crippen LogP contribution >= 0.6 is 0 Å². The lowest BCUT2D eigenvalue weighted by molar-refractivity contribution is -0.137. The van der Waals surface area contributed by atoms with Gasteiger partial charge < -0.3 is 16.2 Å². The summed E-state index contributed by atoms with van der Waals surface area (Å²) < 4.78 is 38.6. The van der Waals surface area contributed by atoms with Crippen molar-refractivity contribution < 1.29 is 27.9 Å². The number of phenolic OH excluding ortho intramolecular Hbond substituents is 1. The molecule has 0 spiro atoms. The second kappa shape index (κ2) is 7.49. The number of rotatable bonds is 4. The second-order valence-corrected chi connectivity index (χ2v) is 7.26. The van der Waals surface area contributed by atoms with Gasteiger partial charge in [0.1, 0.15) is 11.4 Å². The zero-order chi connectivity index (χ0) is 21.3. The van der Waals surface area contributed by atoms with E-state index in [2.05, 4.69) is 10.3 Å². The van der Waals surface area contributed by atoms with E-state index in [-0.39, 0.29) is 16.9 Å². The van der Waals surface area contributed by atoms with Crippen LogP contribution < -0.4 is 11.1 Å². The number of pyridine rings is 1. The molecule has 1 heterocycles. The minimum absolute atomic E-state index is 0.00721. The van der Waals surface area contributed by atoms with Crippen LogP contribution in [0, 0.1) is 0 Å². The van der Waals surface area contributed by atoms with E-state index in [9.17, 15) is 27.9 Å². The fraction of sp³-hybridized carbons (Fsp3) is 0.316. The first-order valence-corrected chi connectivity index (χ1v) is 8.29. The Morgan fingerprint density at radius 2 is 1.82 bits per heavy atom. The molecule has 6 nitrogen and oxygen atoms in total. The highest BCUT2D eigenvalue weighted by Crippen LogP contribution is 2.34. The summed E-state index contributed by atoms with van der Waals surface area (Å²) in [5.74, 6) is -1.86. The van der Waals surface area contributed by atoms with E-state index < -0.39 is 41.1 Å². The molecule has 0 atom stereocenters. The molecule has 9 heteroatoms. The predicted molar refractivity (Wildman–Crippen MR) is 96.9 cm³/mol. The van der Waals surface area contributed by atoms with Crippen molar-refractivity contribution in [1.82, 2.24) is 4.98 Å².